The Balaban J connectivity index is 2.73. The Morgan fingerprint density at radius 2 is 2.09 bits per heavy atom. The van der Waals surface area contributed by atoms with E-state index in [2.05, 4.69) is 10.4 Å². The summed E-state index contributed by atoms with van der Waals surface area (Å²) in [5, 5.41) is 15.9. The fraction of sp³-hybridized carbons (Fsp3) is 0.667. The predicted octanol–water partition coefficient (Wildman–Crippen LogP) is 2.03. The van der Waals surface area contributed by atoms with E-state index in [1.165, 1.54) is 0 Å². The molecule has 0 aliphatic carbocycles. The lowest BCUT2D eigenvalue weighted by atomic mass is 10.0. The number of rotatable bonds is 6. The summed E-state index contributed by atoms with van der Waals surface area (Å²) < 4.78 is 6.93. The summed E-state index contributed by atoms with van der Waals surface area (Å²) in [5.41, 5.74) is 1.26. The molecule has 1 rings (SSSR count). The van der Waals surface area contributed by atoms with Crippen LogP contribution in [0.5, 0.6) is 0 Å². The number of carboxylic acid groups (broad SMARTS) is 1. The summed E-state index contributed by atoms with van der Waals surface area (Å²) in [6.45, 7) is 7.23. The van der Waals surface area contributed by atoms with Gasteiger partial charge in [-0.15, -0.1) is 0 Å². The summed E-state index contributed by atoms with van der Waals surface area (Å²) in [6.07, 6.45) is 2.18. The van der Waals surface area contributed by atoms with Crippen molar-refractivity contribution in [3.63, 3.8) is 0 Å². The molecular formula is C15H25N3O4. The van der Waals surface area contributed by atoms with Crippen LogP contribution >= 0.6 is 0 Å². The number of aromatic nitrogens is 2. The number of hydrogen-bond acceptors (Lipinski definition) is 4. The van der Waals surface area contributed by atoms with Crippen LogP contribution in [0.1, 0.15) is 44.9 Å². The molecule has 1 amide bonds. The number of ether oxygens (including phenoxy) is 1. The van der Waals surface area contributed by atoms with E-state index >= 15 is 0 Å². The fourth-order valence-electron chi connectivity index (χ4n) is 2.11. The van der Waals surface area contributed by atoms with Gasteiger partial charge in [0.1, 0.15) is 5.60 Å². The standard InChI is InChI=1S/C15H25N3O4/c1-10-11(9-18(5)17-10)8-12(6-7-13(19)20)16-14(21)22-15(2,3)4/h9,12H,6-8H2,1-5H3,(H,16,21)(H,19,20). The minimum absolute atomic E-state index is 0.0141. The second-order valence-corrected chi connectivity index (χ2v) is 6.39. The van der Waals surface area contributed by atoms with Gasteiger partial charge in [0.2, 0.25) is 0 Å². The van der Waals surface area contributed by atoms with Crippen LogP contribution in [-0.4, -0.2) is 38.6 Å². The molecule has 1 aromatic rings. The number of amides is 1. The average molecular weight is 311 g/mol. The summed E-state index contributed by atoms with van der Waals surface area (Å²) >= 11 is 0. The van der Waals surface area contributed by atoms with Crippen molar-refractivity contribution in [3.05, 3.63) is 17.5 Å². The van der Waals surface area contributed by atoms with Crippen molar-refractivity contribution >= 4 is 12.1 Å². The first-order chi connectivity index (χ1) is 10.1. The normalized spacial score (nSPS) is 12.8. The van der Waals surface area contributed by atoms with Crippen molar-refractivity contribution < 1.29 is 19.4 Å². The van der Waals surface area contributed by atoms with Crippen molar-refractivity contribution in [2.75, 3.05) is 0 Å². The zero-order valence-corrected chi connectivity index (χ0v) is 13.8. The number of nitrogens with one attached hydrogen (secondary N) is 1. The Kier molecular flexibility index (Phi) is 5.96. The third-order valence-electron chi connectivity index (χ3n) is 3.01. The van der Waals surface area contributed by atoms with Crippen molar-refractivity contribution in [2.45, 2.75) is 58.6 Å². The smallest absolute Gasteiger partial charge is 0.407 e. The molecule has 0 spiro atoms. The average Bonchev–Trinajstić information content (AvgIpc) is 2.62. The summed E-state index contributed by atoms with van der Waals surface area (Å²) in [5.74, 6) is -0.890. The highest BCUT2D eigenvalue weighted by molar-refractivity contribution is 5.69. The number of nitrogens with zero attached hydrogens (tertiary/aromatic N) is 2. The lowest BCUT2D eigenvalue weighted by Gasteiger charge is -2.23. The van der Waals surface area contributed by atoms with E-state index in [4.69, 9.17) is 9.84 Å². The Labute approximate surface area is 130 Å². The second kappa shape index (κ2) is 7.29. The van der Waals surface area contributed by atoms with Gasteiger partial charge in [-0.3, -0.25) is 9.48 Å². The van der Waals surface area contributed by atoms with Crippen LogP contribution in [0, 0.1) is 6.92 Å². The molecule has 7 heteroatoms. The fourth-order valence-corrected chi connectivity index (χ4v) is 2.11. The van der Waals surface area contributed by atoms with Crippen molar-refractivity contribution in [1.82, 2.24) is 15.1 Å². The molecule has 1 aromatic heterocycles. The number of alkyl carbamates (subject to hydrolysis) is 1. The number of carbonyl (C=O) groups is 2. The summed E-state index contributed by atoms with van der Waals surface area (Å²) in [6, 6.07) is -0.311. The highest BCUT2D eigenvalue weighted by Crippen LogP contribution is 2.13. The first kappa shape index (κ1) is 18.0. The molecule has 0 radical (unpaired) electrons. The van der Waals surface area contributed by atoms with Crippen molar-refractivity contribution in [1.29, 1.82) is 0 Å². The minimum Gasteiger partial charge on any atom is -0.481 e. The Morgan fingerprint density at radius 3 is 2.55 bits per heavy atom. The first-order valence-electron chi connectivity index (χ1n) is 7.27. The molecule has 0 aliphatic heterocycles. The lowest BCUT2D eigenvalue weighted by molar-refractivity contribution is -0.137. The van der Waals surface area contributed by atoms with Gasteiger partial charge in [0.25, 0.3) is 0 Å². The molecule has 0 saturated heterocycles. The Hall–Kier alpha value is -2.05. The summed E-state index contributed by atoms with van der Waals surface area (Å²) in [7, 11) is 1.82. The van der Waals surface area contributed by atoms with Gasteiger partial charge in [-0.05, 0) is 46.1 Å². The number of carbonyl (C=O) groups excluding carboxylic acids is 1. The van der Waals surface area contributed by atoms with Crippen LogP contribution in [0.15, 0.2) is 6.20 Å². The van der Waals surface area contributed by atoms with Crippen LogP contribution in [0.2, 0.25) is 0 Å². The maximum absolute atomic E-state index is 11.9. The molecule has 0 saturated carbocycles. The molecule has 2 N–H and O–H groups in total. The third kappa shape index (κ3) is 6.60. The zero-order valence-electron chi connectivity index (χ0n) is 13.8. The molecule has 1 atom stereocenters. The maximum Gasteiger partial charge on any atom is 0.407 e. The van der Waals surface area contributed by atoms with Gasteiger partial charge in [-0.1, -0.05) is 0 Å². The van der Waals surface area contributed by atoms with E-state index in [1.54, 1.807) is 25.5 Å². The second-order valence-electron chi connectivity index (χ2n) is 6.39. The molecule has 1 unspecified atom stereocenters. The molecule has 0 fully saturated rings. The molecule has 0 aromatic carbocycles. The van der Waals surface area contributed by atoms with Crippen molar-refractivity contribution in [2.24, 2.45) is 7.05 Å². The predicted molar refractivity (Wildman–Crippen MR) is 81.7 cm³/mol. The van der Waals surface area contributed by atoms with E-state index in [0.717, 1.165) is 11.3 Å². The van der Waals surface area contributed by atoms with Gasteiger partial charge in [-0.25, -0.2) is 4.79 Å². The van der Waals surface area contributed by atoms with Crippen molar-refractivity contribution in [3.8, 4) is 0 Å². The van der Waals surface area contributed by atoms with E-state index in [1.807, 2.05) is 20.2 Å². The Bertz CT molecular complexity index is 531. The maximum atomic E-state index is 11.9. The zero-order chi connectivity index (χ0) is 16.9. The molecule has 124 valence electrons. The topological polar surface area (TPSA) is 93.5 Å². The lowest BCUT2D eigenvalue weighted by Crippen LogP contribution is -2.40. The monoisotopic (exact) mass is 311 g/mol. The van der Waals surface area contributed by atoms with Crippen LogP contribution < -0.4 is 5.32 Å². The van der Waals surface area contributed by atoms with Gasteiger partial charge in [0.15, 0.2) is 0 Å². The van der Waals surface area contributed by atoms with E-state index in [9.17, 15) is 9.59 Å². The quantitative estimate of drug-likeness (QED) is 0.838. The highest BCUT2D eigenvalue weighted by Gasteiger charge is 2.21. The van der Waals surface area contributed by atoms with E-state index < -0.39 is 17.7 Å². The van der Waals surface area contributed by atoms with Crippen LogP contribution in [0.4, 0.5) is 4.79 Å². The van der Waals surface area contributed by atoms with Gasteiger partial charge >= 0.3 is 12.1 Å². The first-order valence-corrected chi connectivity index (χ1v) is 7.27. The Morgan fingerprint density at radius 1 is 1.45 bits per heavy atom. The molecule has 7 nitrogen and oxygen atoms in total. The number of hydrogen-bond donors (Lipinski definition) is 2. The molecular weight excluding hydrogens is 286 g/mol. The number of aliphatic carboxylic acids is 1. The molecule has 1 heterocycles. The number of aryl methyl sites for hydroxylation is 2. The molecule has 22 heavy (non-hydrogen) atoms. The SMILES string of the molecule is Cc1nn(C)cc1CC(CCC(=O)O)NC(=O)OC(C)(C)C. The minimum atomic E-state index is -0.890. The highest BCUT2D eigenvalue weighted by atomic mass is 16.6. The molecule has 0 aliphatic rings. The molecule has 0 bridgehead atoms. The largest absolute Gasteiger partial charge is 0.481 e. The number of carboxylic acids is 1. The van der Waals surface area contributed by atoms with Gasteiger partial charge in [0, 0.05) is 25.7 Å². The van der Waals surface area contributed by atoms with Crippen LogP contribution in [0.25, 0.3) is 0 Å². The van der Waals surface area contributed by atoms with Gasteiger partial charge in [0.05, 0.1) is 5.69 Å². The summed E-state index contributed by atoms with van der Waals surface area (Å²) in [4.78, 5) is 22.7. The van der Waals surface area contributed by atoms with E-state index in [0.29, 0.717) is 12.8 Å². The van der Waals surface area contributed by atoms with Gasteiger partial charge < -0.3 is 15.2 Å². The third-order valence-corrected chi connectivity index (χ3v) is 3.01. The van der Waals surface area contributed by atoms with E-state index in [-0.39, 0.29) is 12.5 Å². The van der Waals surface area contributed by atoms with Gasteiger partial charge in [-0.2, -0.15) is 5.10 Å². The van der Waals surface area contributed by atoms with Crippen LogP contribution in [0.3, 0.4) is 0 Å². The van der Waals surface area contributed by atoms with Crippen LogP contribution in [-0.2, 0) is 23.0 Å².